The molecule has 0 fully saturated rings. The van der Waals surface area contributed by atoms with Gasteiger partial charge in [-0.2, -0.15) is 5.10 Å². The number of nitro benzene ring substituents is 1. The number of non-ortho nitro benzene ring substituents is 1. The fourth-order valence-corrected chi connectivity index (χ4v) is 3.13. The number of fused-ring (bicyclic) bond motifs is 1. The molecule has 21 heavy (non-hydrogen) atoms. The molecule has 0 bridgehead atoms. The van der Waals surface area contributed by atoms with Crippen molar-refractivity contribution in [3.05, 3.63) is 45.6 Å². The fourth-order valence-electron chi connectivity index (χ4n) is 3.13. The van der Waals surface area contributed by atoms with E-state index < -0.39 is 4.92 Å². The molecule has 1 aromatic heterocycles. The Hall–Kier alpha value is -2.37. The van der Waals surface area contributed by atoms with Crippen LogP contribution in [0.15, 0.2) is 24.3 Å². The number of nitrogens with two attached hydrogens (primary N) is 1. The van der Waals surface area contributed by atoms with Crippen LogP contribution in [-0.4, -0.2) is 14.7 Å². The molecular weight excluding hydrogens is 268 g/mol. The van der Waals surface area contributed by atoms with Crippen LogP contribution in [0.5, 0.6) is 0 Å². The Morgan fingerprint density at radius 2 is 2.00 bits per heavy atom. The van der Waals surface area contributed by atoms with E-state index in [-0.39, 0.29) is 11.1 Å². The van der Waals surface area contributed by atoms with Crippen molar-refractivity contribution in [3.63, 3.8) is 0 Å². The molecule has 0 aliphatic heterocycles. The van der Waals surface area contributed by atoms with Crippen molar-refractivity contribution in [1.29, 1.82) is 0 Å². The smallest absolute Gasteiger partial charge is 0.269 e. The van der Waals surface area contributed by atoms with Crippen molar-refractivity contribution in [2.75, 3.05) is 5.73 Å². The molecule has 1 aliphatic carbocycles. The molecule has 0 unspecified atom stereocenters. The molecule has 0 atom stereocenters. The van der Waals surface area contributed by atoms with Crippen LogP contribution in [0.1, 0.15) is 37.9 Å². The molecule has 0 radical (unpaired) electrons. The Balaban J connectivity index is 2.08. The summed E-state index contributed by atoms with van der Waals surface area (Å²) in [7, 11) is 0. The summed E-state index contributed by atoms with van der Waals surface area (Å²) in [5.41, 5.74) is 9.30. The van der Waals surface area contributed by atoms with Crippen LogP contribution >= 0.6 is 0 Å². The van der Waals surface area contributed by atoms with Crippen molar-refractivity contribution in [2.45, 2.75) is 38.5 Å². The number of aryl methyl sites for hydroxylation is 1. The van der Waals surface area contributed by atoms with Gasteiger partial charge in [0.05, 0.1) is 16.3 Å². The van der Waals surface area contributed by atoms with Crippen molar-refractivity contribution >= 4 is 11.5 Å². The van der Waals surface area contributed by atoms with Gasteiger partial charge < -0.3 is 5.73 Å². The van der Waals surface area contributed by atoms with Crippen LogP contribution in [-0.2, 0) is 11.8 Å². The van der Waals surface area contributed by atoms with Gasteiger partial charge in [0.1, 0.15) is 5.82 Å². The number of hydrogen-bond acceptors (Lipinski definition) is 4. The zero-order chi connectivity index (χ0) is 15.2. The van der Waals surface area contributed by atoms with E-state index in [1.165, 1.54) is 12.1 Å². The first-order valence-corrected chi connectivity index (χ1v) is 7.03. The molecule has 6 heteroatoms. The zero-order valence-electron chi connectivity index (χ0n) is 12.2. The third-order valence-electron chi connectivity index (χ3n) is 4.19. The average molecular weight is 286 g/mol. The maximum Gasteiger partial charge on any atom is 0.269 e. The summed E-state index contributed by atoms with van der Waals surface area (Å²) in [4.78, 5) is 10.3. The van der Waals surface area contributed by atoms with Gasteiger partial charge in [-0.1, -0.05) is 13.8 Å². The lowest BCUT2D eigenvalue weighted by Crippen LogP contribution is -2.24. The highest BCUT2D eigenvalue weighted by atomic mass is 16.6. The molecular formula is C15H18N4O2. The summed E-state index contributed by atoms with van der Waals surface area (Å²) in [6.07, 6.45) is 3.13. The average Bonchev–Trinajstić information content (AvgIpc) is 2.77. The van der Waals surface area contributed by atoms with E-state index >= 15 is 0 Å². The Morgan fingerprint density at radius 1 is 1.33 bits per heavy atom. The first kappa shape index (κ1) is 13.6. The Bertz CT molecular complexity index is 701. The predicted molar refractivity (Wildman–Crippen MR) is 80.6 cm³/mol. The van der Waals surface area contributed by atoms with E-state index in [1.54, 1.807) is 16.8 Å². The van der Waals surface area contributed by atoms with Gasteiger partial charge >= 0.3 is 0 Å². The van der Waals surface area contributed by atoms with Crippen LogP contribution in [0.2, 0.25) is 0 Å². The summed E-state index contributed by atoms with van der Waals surface area (Å²) in [6.45, 7) is 4.37. The van der Waals surface area contributed by atoms with Crippen LogP contribution < -0.4 is 5.73 Å². The molecule has 6 nitrogen and oxygen atoms in total. The van der Waals surface area contributed by atoms with E-state index in [1.807, 2.05) is 0 Å². The van der Waals surface area contributed by atoms with Gasteiger partial charge in [0.2, 0.25) is 0 Å². The first-order chi connectivity index (χ1) is 9.90. The molecule has 0 spiro atoms. The molecule has 110 valence electrons. The second kappa shape index (κ2) is 4.58. The minimum Gasteiger partial charge on any atom is -0.383 e. The van der Waals surface area contributed by atoms with E-state index in [9.17, 15) is 10.1 Å². The van der Waals surface area contributed by atoms with Gasteiger partial charge in [-0.3, -0.25) is 10.1 Å². The maximum atomic E-state index is 10.7. The normalized spacial score (nSPS) is 16.5. The molecule has 1 aliphatic rings. The molecule has 0 saturated heterocycles. The molecule has 1 aromatic carbocycles. The van der Waals surface area contributed by atoms with Crippen molar-refractivity contribution in [2.24, 2.45) is 0 Å². The standard InChI is InChI=1S/C15H18N4O2/c1-15(2)9-3-4-12-13(15)14(16)18(17-12)10-5-7-11(8-6-10)19(20)21/h5-8H,3-4,9,16H2,1-2H3. The lowest BCUT2D eigenvalue weighted by atomic mass is 9.75. The third kappa shape index (κ3) is 2.16. The highest BCUT2D eigenvalue weighted by Gasteiger charge is 2.33. The number of nitrogens with zero attached hydrogens (tertiary/aromatic N) is 3. The van der Waals surface area contributed by atoms with E-state index in [0.717, 1.165) is 36.2 Å². The Morgan fingerprint density at radius 3 is 2.57 bits per heavy atom. The van der Waals surface area contributed by atoms with Crippen LogP contribution in [0, 0.1) is 10.1 Å². The topological polar surface area (TPSA) is 87.0 Å². The number of hydrogen-bond donors (Lipinski definition) is 1. The van der Waals surface area contributed by atoms with Crippen molar-refractivity contribution < 1.29 is 4.92 Å². The molecule has 0 amide bonds. The van der Waals surface area contributed by atoms with Crippen molar-refractivity contribution in [3.8, 4) is 5.69 Å². The first-order valence-electron chi connectivity index (χ1n) is 7.03. The summed E-state index contributed by atoms with van der Waals surface area (Å²) >= 11 is 0. The quantitative estimate of drug-likeness (QED) is 0.679. The largest absolute Gasteiger partial charge is 0.383 e. The minimum atomic E-state index is -0.412. The van der Waals surface area contributed by atoms with E-state index in [2.05, 4.69) is 18.9 Å². The van der Waals surface area contributed by atoms with Gasteiger partial charge in [-0.05, 0) is 36.8 Å². The van der Waals surface area contributed by atoms with Gasteiger partial charge in [-0.25, -0.2) is 4.68 Å². The number of nitrogen functional groups attached to an aromatic ring is 1. The molecule has 3 rings (SSSR count). The number of nitro groups is 1. The van der Waals surface area contributed by atoms with Gasteiger partial charge in [0.25, 0.3) is 5.69 Å². The molecule has 2 aromatic rings. The molecule has 2 N–H and O–H groups in total. The lowest BCUT2D eigenvalue weighted by Gasteiger charge is -2.29. The van der Waals surface area contributed by atoms with Crippen LogP contribution in [0.4, 0.5) is 11.5 Å². The van der Waals surface area contributed by atoms with Crippen LogP contribution in [0.3, 0.4) is 0 Å². The van der Waals surface area contributed by atoms with Gasteiger partial charge in [0.15, 0.2) is 0 Å². The minimum absolute atomic E-state index is 0.0245. The predicted octanol–water partition coefficient (Wildman–Crippen LogP) is 2.98. The Labute approximate surface area is 122 Å². The zero-order valence-corrected chi connectivity index (χ0v) is 12.2. The lowest BCUT2D eigenvalue weighted by molar-refractivity contribution is -0.384. The molecule has 0 saturated carbocycles. The summed E-state index contributed by atoms with van der Waals surface area (Å²) in [5.74, 6) is 0.642. The SMILES string of the molecule is CC1(C)CCCc2nn(-c3ccc([N+](=O)[O-])cc3)c(N)c21. The van der Waals surface area contributed by atoms with E-state index in [0.29, 0.717) is 5.82 Å². The number of anilines is 1. The highest BCUT2D eigenvalue weighted by Crippen LogP contribution is 2.40. The maximum absolute atomic E-state index is 10.7. The highest BCUT2D eigenvalue weighted by molar-refractivity contribution is 5.55. The number of benzene rings is 1. The number of rotatable bonds is 2. The Kier molecular flexibility index (Phi) is 2.97. The van der Waals surface area contributed by atoms with Gasteiger partial charge in [-0.15, -0.1) is 0 Å². The monoisotopic (exact) mass is 286 g/mol. The van der Waals surface area contributed by atoms with Crippen LogP contribution in [0.25, 0.3) is 5.69 Å². The summed E-state index contributed by atoms with van der Waals surface area (Å²) < 4.78 is 1.70. The molecule has 1 heterocycles. The van der Waals surface area contributed by atoms with E-state index in [4.69, 9.17) is 5.73 Å². The second-order valence-electron chi connectivity index (χ2n) is 6.13. The number of aromatic nitrogens is 2. The fraction of sp³-hybridized carbons (Fsp3) is 0.400. The van der Waals surface area contributed by atoms with Gasteiger partial charge in [0, 0.05) is 17.7 Å². The second-order valence-corrected chi connectivity index (χ2v) is 6.13. The summed E-state index contributed by atoms with van der Waals surface area (Å²) in [5, 5.41) is 15.3. The van der Waals surface area contributed by atoms with Crippen molar-refractivity contribution in [1.82, 2.24) is 9.78 Å². The summed E-state index contributed by atoms with van der Waals surface area (Å²) in [6, 6.07) is 6.31. The third-order valence-corrected chi connectivity index (χ3v) is 4.19.